The van der Waals surface area contributed by atoms with Crippen LogP contribution in [0.1, 0.15) is 135 Å². The Labute approximate surface area is 806 Å². The molecule has 0 saturated carbocycles. The van der Waals surface area contributed by atoms with Gasteiger partial charge in [-0.2, -0.15) is 12.6 Å². The van der Waals surface area contributed by atoms with Crippen LogP contribution in [0.4, 0.5) is 0 Å². The minimum absolute atomic E-state index is 0.0543. The average Bonchev–Trinajstić information content (AvgIpc) is 0.654. The zero-order valence-electron chi connectivity index (χ0n) is 83.8. The molecule has 15 aromatic carbocycles. The highest BCUT2D eigenvalue weighted by Crippen LogP contribution is 2.46. The van der Waals surface area contributed by atoms with E-state index in [1.807, 2.05) is 282 Å². The van der Waals surface area contributed by atoms with Crippen LogP contribution >= 0.6 is 12.6 Å². The number of thiol groups is 1. The molecule has 0 bridgehead atoms. The van der Waals surface area contributed by atoms with E-state index in [0.29, 0.717) is 0 Å². The van der Waals surface area contributed by atoms with Gasteiger partial charge in [0.25, 0.3) is 0 Å². The molecule has 15 nitrogen and oxygen atoms in total. The Balaban J connectivity index is 0.000000332. The molecular weight excluding hydrogens is 1690 g/mol. The van der Waals surface area contributed by atoms with Crippen LogP contribution in [-0.2, 0) is 5.41 Å². The van der Waals surface area contributed by atoms with Gasteiger partial charge in [0, 0.05) is 17.3 Å². The normalized spacial score (nSPS) is 9.83. The summed E-state index contributed by atoms with van der Waals surface area (Å²) in [6.07, 6.45) is 5.44. The predicted molar refractivity (Wildman–Crippen MR) is 563 cm³/mol. The molecule has 0 aliphatic rings. The Kier molecular flexibility index (Phi) is 54.5. The molecule has 15 aromatic rings. The van der Waals surface area contributed by atoms with Crippen LogP contribution in [0.25, 0.3) is 21.5 Å². The highest BCUT2D eigenvalue weighted by Gasteiger charge is 2.32. The van der Waals surface area contributed by atoms with Crippen molar-refractivity contribution in [2.45, 2.75) is 106 Å². The monoisotopic (exact) mass is 1830 g/mol. The van der Waals surface area contributed by atoms with E-state index < -0.39 is 0 Å². The van der Waals surface area contributed by atoms with Crippen LogP contribution < -0.4 is 71.1 Å². The largest absolute Gasteiger partial charge is 0.497 e. The van der Waals surface area contributed by atoms with E-state index in [1.165, 1.54) is 85.7 Å². The average molecular weight is 1830 g/mol. The van der Waals surface area contributed by atoms with Gasteiger partial charge in [-0.25, -0.2) is 0 Å². The summed E-state index contributed by atoms with van der Waals surface area (Å²) in [7, 11) is 25.2. The standard InChI is InChI=1S/C30H30O4.C23H24O3.2C12H12O2.3C8H10O.C7H8O.3C3H8.CH4S/c1-31-25-13-5-21(6-14-25)29(22-7-15-26(32-2)16-8-22)30(23-9-17-27(33-3)18-10-23)24-11-19-28(34-4)20-12-24;1-23(17-5-11-20(24-2)12-6-17,18-7-13-21(25-3)14-8-18)19-9-15-22(26-4)16-10-19;2*1-13-11-5-3-9-4-6-12(14-2)8-10(9)7-11;3*1-7-5-3-4-6-8(7)9-2;1-8-7-5-3-2-4-6-7;3*1-3-2;1-2/h5-20,29-30H,1-4H3;5-16H,1-4H3;2*3-8H,1-2H3;3*3-6H,1-2H3;2-6H,1H3;3*3H2,1-2H3;2H,1H3. The van der Waals surface area contributed by atoms with Crippen LogP contribution in [0.5, 0.6) is 86.2 Å². The van der Waals surface area contributed by atoms with Gasteiger partial charge in [0.05, 0.1) is 107 Å². The Bertz CT molecular complexity index is 5020. The summed E-state index contributed by atoms with van der Waals surface area (Å²) in [5, 5.41) is 4.63. The van der Waals surface area contributed by atoms with Gasteiger partial charge >= 0.3 is 0 Å². The van der Waals surface area contributed by atoms with Crippen LogP contribution in [0.2, 0.25) is 0 Å². The van der Waals surface area contributed by atoms with Crippen molar-refractivity contribution in [1.29, 1.82) is 0 Å². The number of rotatable bonds is 23. The number of aryl methyl sites for hydroxylation is 3. The molecule has 0 atom stereocenters. The summed E-state index contributed by atoms with van der Waals surface area (Å²) in [4.78, 5) is 0. The Hall–Kier alpha value is -13.8. The number of hydrogen-bond acceptors (Lipinski definition) is 16. The third-order valence-corrected chi connectivity index (χ3v) is 20.7. The number of fused-ring (bicyclic) bond motifs is 2. The van der Waals surface area contributed by atoms with E-state index in [9.17, 15) is 0 Å². The fourth-order valence-corrected chi connectivity index (χ4v) is 13.5. The van der Waals surface area contributed by atoms with Gasteiger partial charge < -0.3 is 71.1 Å². The minimum atomic E-state index is -0.315. The van der Waals surface area contributed by atoms with E-state index in [4.69, 9.17) is 71.1 Å². The van der Waals surface area contributed by atoms with Gasteiger partial charge in [-0.3, -0.25) is 0 Å². The molecular formula is C118H144O15S. The SMILES string of the molecule is CCC.CCC.CCC.COc1ccc(C(C)(c2ccc(OC)cc2)c2ccc(OC)cc2)cc1.COc1ccc(C(c2ccc(OC)cc2)C(c2ccc(OC)cc2)c2ccc(OC)cc2)cc1.COc1ccc2ccc(OC)cc2c1.COc1ccc2ccc(OC)cc2c1.COc1ccccc1.COc1ccccc1C.COc1ccccc1C.COc1ccccc1C.CS. The topological polar surface area (TPSA) is 138 Å². The first-order valence-corrected chi connectivity index (χ1v) is 45.6. The summed E-state index contributed by atoms with van der Waals surface area (Å²) in [6.45, 7) is 21.1. The van der Waals surface area contributed by atoms with Crippen molar-refractivity contribution in [3.05, 3.63) is 401 Å². The van der Waals surface area contributed by atoms with E-state index in [1.54, 1.807) is 113 Å². The van der Waals surface area contributed by atoms with Crippen molar-refractivity contribution < 1.29 is 71.1 Å². The smallest absolute Gasteiger partial charge is 0.121 e. The second-order valence-corrected chi connectivity index (χ2v) is 30.1. The summed E-state index contributed by atoms with van der Waals surface area (Å²) in [5.41, 5.74) is 11.6. The highest BCUT2D eigenvalue weighted by molar-refractivity contribution is 7.79. The van der Waals surface area contributed by atoms with Crippen molar-refractivity contribution in [3.63, 3.8) is 0 Å². The first-order chi connectivity index (χ1) is 65.1. The summed E-state index contributed by atoms with van der Waals surface area (Å²) >= 11 is 3.53. The molecule has 0 saturated heterocycles. The van der Waals surface area contributed by atoms with E-state index in [2.05, 4.69) is 146 Å². The zero-order chi connectivity index (χ0) is 98.4. The summed E-state index contributed by atoms with van der Waals surface area (Å²) in [6, 6.07) is 115. The fourth-order valence-electron chi connectivity index (χ4n) is 13.5. The number of para-hydroxylation sites is 4. The molecule has 16 heteroatoms. The first-order valence-electron chi connectivity index (χ1n) is 44.7. The lowest BCUT2D eigenvalue weighted by Crippen LogP contribution is -2.25. The summed E-state index contributed by atoms with van der Waals surface area (Å²) < 4.78 is 78.3. The Morgan fingerprint density at radius 3 is 0.522 bits per heavy atom. The van der Waals surface area contributed by atoms with Gasteiger partial charge in [0.2, 0.25) is 0 Å². The highest BCUT2D eigenvalue weighted by atomic mass is 32.1. The molecule has 0 unspecified atom stereocenters. The van der Waals surface area contributed by atoms with Crippen molar-refractivity contribution in [2.75, 3.05) is 113 Å². The van der Waals surface area contributed by atoms with Crippen molar-refractivity contribution in [2.24, 2.45) is 0 Å². The Morgan fingerprint density at radius 2 is 0.358 bits per heavy atom. The number of methoxy groups -OCH3 is 15. The molecule has 0 aromatic heterocycles. The quantitative estimate of drug-likeness (QED) is 0.0480. The lowest BCUT2D eigenvalue weighted by molar-refractivity contribution is 0.411. The molecule has 0 N–H and O–H groups in total. The molecule has 0 spiro atoms. The lowest BCUT2D eigenvalue weighted by atomic mass is 9.71. The molecule has 0 radical (unpaired) electrons. The maximum absolute atomic E-state index is 5.42. The van der Waals surface area contributed by atoms with E-state index in [-0.39, 0.29) is 17.3 Å². The predicted octanol–water partition coefficient (Wildman–Crippen LogP) is 30.0. The molecule has 15 rings (SSSR count). The maximum Gasteiger partial charge on any atom is 0.121 e. The van der Waals surface area contributed by atoms with Crippen LogP contribution in [0.3, 0.4) is 0 Å². The first kappa shape index (κ1) is 112. The second kappa shape index (κ2) is 64.9. The van der Waals surface area contributed by atoms with Crippen molar-refractivity contribution in [3.8, 4) is 86.2 Å². The molecule has 0 aliphatic heterocycles. The van der Waals surface area contributed by atoms with Crippen molar-refractivity contribution >= 4 is 34.2 Å². The molecule has 0 fully saturated rings. The van der Waals surface area contributed by atoms with E-state index in [0.717, 1.165) is 97.0 Å². The number of hydrogen-bond donors (Lipinski definition) is 1. The van der Waals surface area contributed by atoms with Gasteiger partial charge in [-0.05, 0) is 275 Å². The third-order valence-electron chi connectivity index (χ3n) is 20.7. The van der Waals surface area contributed by atoms with Crippen LogP contribution in [0.15, 0.2) is 346 Å². The minimum Gasteiger partial charge on any atom is -0.497 e. The van der Waals surface area contributed by atoms with Gasteiger partial charge in [-0.15, -0.1) is 0 Å². The fraction of sp³-hybridized carbons (Fsp3) is 0.271. The van der Waals surface area contributed by atoms with Crippen LogP contribution in [0, 0.1) is 20.8 Å². The number of benzene rings is 15. The third kappa shape index (κ3) is 37.1. The molecule has 0 amide bonds. The lowest BCUT2D eigenvalue weighted by Gasteiger charge is -2.32. The molecule has 712 valence electrons. The van der Waals surface area contributed by atoms with Crippen molar-refractivity contribution in [1.82, 2.24) is 0 Å². The maximum atomic E-state index is 5.42. The molecule has 0 aliphatic carbocycles. The number of ether oxygens (including phenoxy) is 15. The van der Waals surface area contributed by atoms with Gasteiger partial charge in [0.15, 0.2) is 0 Å². The van der Waals surface area contributed by atoms with Gasteiger partial charge in [0.1, 0.15) is 86.2 Å². The zero-order valence-corrected chi connectivity index (χ0v) is 84.7. The molecule has 134 heavy (non-hydrogen) atoms. The Morgan fingerprint density at radius 1 is 0.194 bits per heavy atom. The second-order valence-electron chi connectivity index (χ2n) is 30.1. The van der Waals surface area contributed by atoms with Crippen LogP contribution in [-0.4, -0.2) is 113 Å². The summed E-state index contributed by atoms with van der Waals surface area (Å²) in [5.74, 6) is 13.2. The van der Waals surface area contributed by atoms with Gasteiger partial charge in [-0.1, -0.05) is 243 Å². The van der Waals surface area contributed by atoms with E-state index >= 15 is 0 Å². The molecule has 0 heterocycles.